The van der Waals surface area contributed by atoms with E-state index in [9.17, 15) is 4.79 Å². The van der Waals surface area contributed by atoms with Gasteiger partial charge in [0.1, 0.15) is 12.1 Å². The molecule has 2 heterocycles. The van der Waals surface area contributed by atoms with Gasteiger partial charge in [0.05, 0.1) is 31.2 Å². The number of anilines is 2. The van der Waals surface area contributed by atoms with E-state index in [1.807, 2.05) is 24.3 Å². The molecule has 1 fully saturated rings. The number of morpholine rings is 1. The number of aliphatic hydroxyl groups excluding tert-OH is 1. The summed E-state index contributed by atoms with van der Waals surface area (Å²) in [6, 6.07) is 14.4. The molecule has 0 saturated carbocycles. The van der Waals surface area contributed by atoms with E-state index in [0.717, 1.165) is 30.0 Å². The molecule has 0 atom stereocenters. The van der Waals surface area contributed by atoms with E-state index in [2.05, 4.69) is 20.2 Å². The van der Waals surface area contributed by atoms with Gasteiger partial charge in [0.25, 0.3) is 5.91 Å². The van der Waals surface area contributed by atoms with Crippen LogP contribution in [-0.4, -0.2) is 66.1 Å². The normalized spacial score (nSPS) is 13.5. The molecule has 0 radical (unpaired) electrons. The van der Waals surface area contributed by atoms with Crippen molar-refractivity contribution in [3.63, 3.8) is 0 Å². The minimum Gasteiger partial charge on any atom is -0.398 e. The highest BCUT2D eigenvalue weighted by molar-refractivity contribution is 6.13. The summed E-state index contributed by atoms with van der Waals surface area (Å²) in [5.74, 6) is 0.521. The molecular formula is C24H26N6O3. The summed E-state index contributed by atoms with van der Waals surface area (Å²) in [5, 5.41) is 20.2. The van der Waals surface area contributed by atoms with Crippen LogP contribution in [0.3, 0.4) is 0 Å². The third-order valence-electron chi connectivity index (χ3n) is 5.44. The molecule has 0 unspecified atom stereocenters. The second-order valence-electron chi connectivity index (χ2n) is 7.59. The van der Waals surface area contributed by atoms with Crippen molar-refractivity contribution < 1.29 is 14.6 Å². The first-order valence-electron chi connectivity index (χ1n) is 10.7. The number of nitrogens with two attached hydrogens (primary N) is 1. The molecule has 1 aliphatic heterocycles. The van der Waals surface area contributed by atoms with E-state index < -0.39 is 0 Å². The maximum absolute atomic E-state index is 12.0. The second-order valence-corrected chi connectivity index (χ2v) is 7.59. The second kappa shape index (κ2) is 10.2. The Morgan fingerprint density at radius 2 is 1.82 bits per heavy atom. The first-order valence-corrected chi connectivity index (χ1v) is 10.7. The van der Waals surface area contributed by atoms with Crippen molar-refractivity contribution in [2.24, 2.45) is 0 Å². The molecule has 4 rings (SSSR count). The quantitative estimate of drug-likeness (QED) is 0.320. The van der Waals surface area contributed by atoms with Crippen molar-refractivity contribution in [3.8, 4) is 11.1 Å². The fraction of sp³-hybridized carbons (Fsp3) is 0.250. The summed E-state index contributed by atoms with van der Waals surface area (Å²) in [6.07, 6.45) is 1.47. The Morgan fingerprint density at radius 1 is 1.09 bits per heavy atom. The van der Waals surface area contributed by atoms with E-state index in [4.69, 9.17) is 21.0 Å². The number of aliphatic hydroxyl groups is 1. The fourth-order valence-corrected chi connectivity index (χ4v) is 3.63. The zero-order valence-corrected chi connectivity index (χ0v) is 18.1. The van der Waals surface area contributed by atoms with E-state index in [-0.39, 0.29) is 24.8 Å². The van der Waals surface area contributed by atoms with Gasteiger partial charge >= 0.3 is 0 Å². The number of amides is 1. The van der Waals surface area contributed by atoms with E-state index >= 15 is 0 Å². The summed E-state index contributed by atoms with van der Waals surface area (Å²) < 4.78 is 5.40. The third-order valence-corrected chi connectivity index (χ3v) is 5.44. The van der Waals surface area contributed by atoms with Gasteiger partial charge in [-0.1, -0.05) is 18.2 Å². The lowest BCUT2D eigenvalue weighted by molar-refractivity contribution is 0.0945. The third kappa shape index (κ3) is 5.16. The number of nitrogen functional groups attached to an aromatic ring is 1. The number of carbonyl (C=O) groups is 1. The lowest BCUT2D eigenvalue weighted by atomic mass is 9.97. The molecule has 1 amide bonds. The largest absolute Gasteiger partial charge is 0.398 e. The molecule has 1 aromatic heterocycles. The summed E-state index contributed by atoms with van der Waals surface area (Å²) >= 11 is 0. The average molecular weight is 447 g/mol. The molecule has 2 aromatic carbocycles. The Labute approximate surface area is 191 Å². The lowest BCUT2D eigenvalue weighted by Gasteiger charge is -2.27. The van der Waals surface area contributed by atoms with Crippen LogP contribution in [0.2, 0.25) is 0 Å². The predicted octanol–water partition coefficient (Wildman–Crippen LogP) is 1.70. The predicted molar refractivity (Wildman–Crippen MR) is 127 cm³/mol. The summed E-state index contributed by atoms with van der Waals surface area (Å²) in [6.45, 7) is 2.89. The number of ether oxygens (including phenoxy) is 1. The number of nitrogens with one attached hydrogen (secondary N) is 2. The first kappa shape index (κ1) is 22.4. The average Bonchev–Trinajstić information content (AvgIpc) is 2.88. The smallest absolute Gasteiger partial charge is 0.251 e. The van der Waals surface area contributed by atoms with Gasteiger partial charge in [0, 0.05) is 42.5 Å². The van der Waals surface area contributed by atoms with Gasteiger partial charge < -0.3 is 25.8 Å². The van der Waals surface area contributed by atoms with Crippen molar-refractivity contribution in [1.29, 1.82) is 5.41 Å². The standard InChI is InChI=1S/C24H26N6O3/c25-20-6-5-18(16-1-3-17(4-2-16)24(32)27-7-10-31)13-19(20)23(26)21-14-22(29-15-28-21)30-8-11-33-12-9-30/h1-6,13-15,26,31H,7-12,25H2,(H,27,32). The topological polar surface area (TPSA) is 137 Å². The van der Waals surface area contributed by atoms with Gasteiger partial charge in [0.2, 0.25) is 0 Å². The summed E-state index contributed by atoms with van der Waals surface area (Å²) in [7, 11) is 0. The highest BCUT2D eigenvalue weighted by Gasteiger charge is 2.17. The first-order chi connectivity index (χ1) is 16.1. The monoisotopic (exact) mass is 446 g/mol. The van der Waals surface area contributed by atoms with Crippen LogP contribution >= 0.6 is 0 Å². The summed E-state index contributed by atoms with van der Waals surface area (Å²) in [4.78, 5) is 22.8. The molecule has 9 nitrogen and oxygen atoms in total. The van der Waals surface area contributed by atoms with Crippen molar-refractivity contribution in [1.82, 2.24) is 15.3 Å². The van der Waals surface area contributed by atoms with Crippen LogP contribution in [0.4, 0.5) is 11.5 Å². The van der Waals surface area contributed by atoms with Crippen LogP contribution in [0.25, 0.3) is 11.1 Å². The van der Waals surface area contributed by atoms with Gasteiger partial charge in [-0.15, -0.1) is 0 Å². The number of rotatable bonds is 7. The van der Waals surface area contributed by atoms with E-state index in [0.29, 0.717) is 35.7 Å². The van der Waals surface area contributed by atoms with Gasteiger partial charge in [-0.25, -0.2) is 9.97 Å². The highest BCUT2D eigenvalue weighted by Crippen LogP contribution is 2.26. The maximum atomic E-state index is 12.0. The molecule has 0 aliphatic carbocycles. The number of nitrogens with zero attached hydrogens (tertiary/aromatic N) is 3. The van der Waals surface area contributed by atoms with Crippen molar-refractivity contribution in [2.45, 2.75) is 0 Å². The fourth-order valence-electron chi connectivity index (χ4n) is 3.63. The number of aromatic nitrogens is 2. The van der Waals surface area contributed by atoms with Crippen molar-refractivity contribution in [2.75, 3.05) is 50.1 Å². The maximum Gasteiger partial charge on any atom is 0.251 e. The molecule has 33 heavy (non-hydrogen) atoms. The van der Waals surface area contributed by atoms with Crippen LogP contribution < -0.4 is 16.0 Å². The molecular weight excluding hydrogens is 420 g/mol. The minimum absolute atomic E-state index is 0.107. The van der Waals surface area contributed by atoms with E-state index in [1.165, 1.54) is 6.33 Å². The SMILES string of the molecule is N=C(c1cc(N2CCOCC2)ncn1)c1cc(-c2ccc(C(=O)NCCO)cc2)ccc1N. The Bertz CT molecular complexity index is 1140. The lowest BCUT2D eigenvalue weighted by Crippen LogP contribution is -2.36. The van der Waals surface area contributed by atoms with Crippen molar-refractivity contribution in [3.05, 3.63) is 71.7 Å². The van der Waals surface area contributed by atoms with E-state index in [1.54, 1.807) is 24.3 Å². The molecule has 0 bridgehead atoms. The van der Waals surface area contributed by atoms with Gasteiger partial charge in [0.15, 0.2) is 0 Å². The molecule has 5 N–H and O–H groups in total. The Balaban J connectivity index is 1.57. The van der Waals surface area contributed by atoms with Crippen LogP contribution in [-0.2, 0) is 4.74 Å². The summed E-state index contributed by atoms with van der Waals surface area (Å²) in [5.41, 5.74) is 10.2. The van der Waals surface area contributed by atoms with Gasteiger partial charge in [-0.2, -0.15) is 0 Å². The van der Waals surface area contributed by atoms with Crippen LogP contribution in [0.1, 0.15) is 21.6 Å². The van der Waals surface area contributed by atoms with Gasteiger partial charge in [-0.05, 0) is 35.4 Å². The molecule has 1 saturated heterocycles. The Hall–Kier alpha value is -3.82. The zero-order chi connectivity index (χ0) is 23.2. The number of carbonyl (C=O) groups excluding carboxylic acids is 1. The number of hydrogen-bond donors (Lipinski definition) is 4. The molecule has 0 spiro atoms. The van der Waals surface area contributed by atoms with Gasteiger partial charge in [-0.3, -0.25) is 10.2 Å². The molecule has 9 heteroatoms. The zero-order valence-electron chi connectivity index (χ0n) is 18.1. The number of benzene rings is 2. The van der Waals surface area contributed by atoms with Crippen molar-refractivity contribution >= 4 is 23.1 Å². The van der Waals surface area contributed by atoms with Crippen LogP contribution in [0.15, 0.2) is 54.9 Å². The Morgan fingerprint density at radius 3 is 2.55 bits per heavy atom. The van der Waals surface area contributed by atoms with Crippen LogP contribution in [0, 0.1) is 5.41 Å². The van der Waals surface area contributed by atoms with Crippen LogP contribution in [0.5, 0.6) is 0 Å². The molecule has 1 aliphatic rings. The minimum atomic E-state index is -0.241. The molecule has 3 aromatic rings. The molecule has 170 valence electrons. The Kier molecular flexibility index (Phi) is 6.92. The number of hydrogen-bond acceptors (Lipinski definition) is 8. The highest BCUT2D eigenvalue weighted by atomic mass is 16.5.